The maximum absolute atomic E-state index is 9.59. The zero-order valence-electron chi connectivity index (χ0n) is 22.0. The van der Waals surface area contributed by atoms with Crippen LogP contribution < -0.4 is 0 Å². The fourth-order valence-corrected chi connectivity index (χ4v) is 11.5. The maximum Gasteiger partial charge on any atom is 0.349 e. The summed E-state index contributed by atoms with van der Waals surface area (Å²) in [5.41, 5.74) is 10.2. The number of benzene rings is 2. The van der Waals surface area contributed by atoms with Crippen molar-refractivity contribution in [1.29, 1.82) is 0 Å². The van der Waals surface area contributed by atoms with Crippen LogP contribution in [-0.4, -0.2) is 45.0 Å². The molecule has 0 N–H and O–H groups in total. The minimum atomic E-state index is -2.92. The van der Waals surface area contributed by atoms with Gasteiger partial charge in [0.15, 0.2) is 0 Å². The van der Waals surface area contributed by atoms with Crippen LogP contribution in [0.2, 0.25) is 10.1 Å². The Morgan fingerprint density at radius 3 is 2.19 bits per heavy atom. The quantitative estimate of drug-likeness (QED) is 0.171. The summed E-state index contributed by atoms with van der Waals surface area (Å²) in [5, 5.41) is 3.77. The Hall–Kier alpha value is -1.84. The fraction of sp³-hybridized carbons (Fsp3) is 0.556. The zero-order valence-corrected chi connectivity index (χ0v) is 23.8. The molecule has 0 saturated carbocycles. The summed E-state index contributed by atoms with van der Waals surface area (Å²) < 4.78 is 27.1. The van der Waals surface area contributed by atoms with Crippen LogP contribution in [0.5, 0.6) is 0 Å². The van der Waals surface area contributed by atoms with Crippen molar-refractivity contribution in [3.05, 3.63) is 76.7 Å². The van der Waals surface area contributed by atoms with Gasteiger partial charge in [0, 0.05) is 19.9 Å². The van der Waals surface area contributed by atoms with E-state index in [4.69, 9.17) is 18.3 Å². The van der Waals surface area contributed by atoms with Crippen LogP contribution >= 0.6 is 11.8 Å². The summed E-state index contributed by atoms with van der Waals surface area (Å²) in [4.78, 5) is 4.26. The van der Waals surface area contributed by atoms with E-state index in [0.717, 1.165) is 10.5 Å². The third kappa shape index (κ3) is 5.53. The molecule has 36 heavy (non-hydrogen) atoms. The van der Waals surface area contributed by atoms with E-state index in [9.17, 15) is 5.53 Å². The van der Waals surface area contributed by atoms with Gasteiger partial charge in [-0.1, -0.05) is 107 Å². The third-order valence-corrected chi connectivity index (χ3v) is 13.1. The molecule has 5 atom stereocenters. The number of nitrogens with zero attached hydrogens (tertiary/aromatic N) is 3. The predicted molar refractivity (Wildman–Crippen MR) is 145 cm³/mol. The Kier molecular flexibility index (Phi) is 8.21. The van der Waals surface area contributed by atoms with Crippen molar-refractivity contribution >= 4 is 20.3 Å². The number of thioether (sulfide) groups is 1. The van der Waals surface area contributed by atoms with Crippen molar-refractivity contribution < 1.29 is 18.3 Å². The molecule has 0 unspecified atom stereocenters. The van der Waals surface area contributed by atoms with E-state index in [1.807, 2.05) is 60.7 Å². The Labute approximate surface area is 219 Å². The molecule has 0 amide bonds. The highest BCUT2D eigenvalue weighted by Crippen LogP contribution is 2.55. The van der Waals surface area contributed by atoms with E-state index in [2.05, 4.69) is 51.6 Å². The van der Waals surface area contributed by atoms with Gasteiger partial charge in [0.1, 0.15) is 23.7 Å². The second-order valence-electron chi connectivity index (χ2n) is 11.4. The van der Waals surface area contributed by atoms with Crippen LogP contribution in [0.1, 0.15) is 47.1 Å². The number of ether oxygens (including phenoxy) is 2. The average molecular weight is 528 g/mol. The Morgan fingerprint density at radius 2 is 1.61 bits per heavy atom. The van der Waals surface area contributed by atoms with E-state index in [1.54, 1.807) is 11.8 Å². The van der Waals surface area contributed by atoms with E-state index >= 15 is 0 Å². The number of hydrogen-bond donors (Lipinski definition) is 0. The van der Waals surface area contributed by atoms with Crippen molar-refractivity contribution in [3.8, 4) is 0 Å². The van der Waals surface area contributed by atoms with E-state index in [-0.39, 0.29) is 16.2 Å². The van der Waals surface area contributed by atoms with Gasteiger partial charge in [0.05, 0.1) is 19.3 Å². The summed E-state index contributed by atoms with van der Waals surface area (Å²) in [6.45, 7) is 13.9. The summed E-state index contributed by atoms with van der Waals surface area (Å²) in [7, 11) is -2.92. The van der Waals surface area contributed by atoms with Crippen molar-refractivity contribution in [1.82, 2.24) is 0 Å². The van der Waals surface area contributed by atoms with Crippen molar-refractivity contribution in [2.24, 2.45) is 5.11 Å². The molecule has 2 fully saturated rings. The average Bonchev–Trinajstić information content (AvgIpc) is 2.95. The van der Waals surface area contributed by atoms with Gasteiger partial charge in [0.25, 0.3) is 0 Å². The molecular formula is C27H37N3O4SSi. The lowest BCUT2D eigenvalue weighted by molar-refractivity contribution is -0.170. The second kappa shape index (κ2) is 10.9. The highest BCUT2D eigenvalue weighted by Gasteiger charge is 2.64. The first-order valence-corrected chi connectivity index (χ1v) is 15.1. The zero-order chi connectivity index (χ0) is 26.0. The van der Waals surface area contributed by atoms with E-state index in [0.29, 0.717) is 13.2 Å². The first-order chi connectivity index (χ1) is 17.1. The van der Waals surface area contributed by atoms with Crippen molar-refractivity contribution in [2.75, 3.05) is 6.61 Å². The highest BCUT2D eigenvalue weighted by molar-refractivity contribution is 7.99. The molecule has 2 aliphatic heterocycles. The molecule has 0 radical (unpaired) electrons. The molecule has 0 spiro atoms. The van der Waals surface area contributed by atoms with Crippen LogP contribution in [0.15, 0.2) is 70.7 Å². The van der Waals surface area contributed by atoms with Crippen molar-refractivity contribution in [2.45, 2.75) is 92.9 Å². The Bertz CT molecular complexity index is 1040. The smallest absolute Gasteiger partial charge is 0.349 e. The molecule has 194 valence electrons. The molecule has 2 aromatic carbocycles. The van der Waals surface area contributed by atoms with Gasteiger partial charge in [-0.3, -0.25) is 0 Å². The first-order valence-electron chi connectivity index (χ1n) is 12.4. The normalized spacial score (nSPS) is 28.1. The Morgan fingerprint density at radius 1 is 1.00 bits per heavy atom. The first kappa shape index (κ1) is 27.2. The molecule has 2 aliphatic rings. The topological polar surface area (TPSA) is 85.7 Å². The predicted octanol–water partition coefficient (Wildman–Crippen LogP) is 7.23. The minimum Gasteiger partial charge on any atom is -0.391 e. The standard InChI is InChI=1S/C27H37N3O4SSi/c1-26(2,3)36(27(4,5)6)32-18-21-23(31-17-19-13-9-7-10-14-19)24(34-36)22(29-30-28)25(33-21)35-20-15-11-8-12-16-20/h7-16,21-25H,17-18H2,1-6H3/t21-,22-,23-,24-,25+/m1/s1. The van der Waals surface area contributed by atoms with Crippen LogP contribution in [-0.2, 0) is 24.9 Å². The molecule has 2 heterocycles. The monoisotopic (exact) mass is 527 g/mol. The van der Waals surface area contributed by atoms with Crippen LogP contribution in [0.25, 0.3) is 10.4 Å². The van der Waals surface area contributed by atoms with E-state index < -0.39 is 32.2 Å². The molecule has 9 heteroatoms. The van der Waals surface area contributed by atoms with Gasteiger partial charge in [-0.05, 0) is 23.2 Å². The number of hydrogen-bond acceptors (Lipinski definition) is 6. The van der Waals surface area contributed by atoms with Gasteiger partial charge < -0.3 is 18.3 Å². The molecule has 2 bridgehead atoms. The summed E-state index contributed by atoms with van der Waals surface area (Å²) in [5.74, 6) is 0. The van der Waals surface area contributed by atoms with Gasteiger partial charge in [-0.15, -0.1) is 0 Å². The van der Waals surface area contributed by atoms with Gasteiger partial charge >= 0.3 is 8.56 Å². The highest BCUT2D eigenvalue weighted by atomic mass is 32.2. The largest absolute Gasteiger partial charge is 0.391 e. The fourth-order valence-electron chi connectivity index (χ4n) is 5.38. The van der Waals surface area contributed by atoms with E-state index in [1.165, 1.54) is 0 Å². The summed E-state index contributed by atoms with van der Waals surface area (Å²) in [6, 6.07) is 19.5. The number of fused-ring (bicyclic) bond motifs is 2. The molecule has 7 nitrogen and oxygen atoms in total. The maximum atomic E-state index is 9.59. The SMILES string of the molecule is CC(C)(C)[Si]1(C(C)(C)C)OC[C@H]2O[C@@H](Sc3ccccc3)[C@H](N=[N+]=[N-])[C@@H](O1)[C@@H]2OCc1ccccc1. The molecule has 0 aromatic heterocycles. The lowest BCUT2D eigenvalue weighted by Crippen LogP contribution is -2.62. The van der Waals surface area contributed by atoms with Gasteiger partial charge in [0.2, 0.25) is 0 Å². The molecule has 2 aromatic rings. The molecule has 4 rings (SSSR count). The van der Waals surface area contributed by atoms with Crippen molar-refractivity contribution in [3.63, 3.8) is 0 Å². The van der Waals surface area contributed by atoms with Crippen LogP contribution in [0.4, 0.5) is 0 Å². The minimum absolute atomic E-state index is 0.240. The van der Waals surface area contributed by atoms with Crippen LogP contribution in [0, 0.1) is 0 Å². The van der Waals surface area contributed by atoms with Crippen LogP contribution in [0.3, 0.4) is 0 Å². The Balaban J connectivity index is 1.74. The molecule has 2 saturated heterocycles. The third-order valence-electron chi connectivity index (χ3n) is 6.81. The lowest BCUT2D eigenvalue weighted by Gasteiger charge is -2.50. The lowest BCUT2D eigenvalue weighted by atomic mass is 9.98. The number of rotatable bonds is 6. The molecular weight excluding hydrogens is 490 g/mol. The van der Waals surface area contributed by atoms with Gasteiger partial charge in [-0.25, -0.2) is 0 Å². The molecule has 0 aliphatic carbocycles. The number of azide groups is 1. The second-order valence-corrected chi connectivity index (χ2v) is 17.4. The summed E-state index contributed by atoms with van der Waals surface area (Å²) in [6.07, 6.45) is -1.30. The van der Waals surface area contributed by atoms with Gasteiger partial charge in [-0.2, -0.15) is 0 Å². The summed E-state index contributed by atoms with van der Waals surface area (Å²) >= 11 is 1.55.